The largest absolute Gasteiger partial charge is 0.396 e. The minimum absolute atomic E-state index is 0.0916. The monoisotopic (exact) mass is 291 g/mol. The molecule has 2 aromatic rings. The zero-order valence-corrected chi connectivity index (χ0v) is 12.4. The SMILES string of the molecule is COCC(C)(CCO)NCc1noc(-c2ccccc2)n1. The molecule has 0 spiro atoms. The average Bonchev–Trinajstić information content (AvgIpc) is 2.96. The molecular formula is C15H21N3O3. The predicted molar refractivity (Wildman–Crippen MR) is 78.6 cm³/mol. The number of rotatable bonds is 8. The molecule has 6 nitrogen and oxygen atoms in total. The van der Waals surface area contributed by atoms with Gasteiger partial charge in [0, 0.05) is 24.8 Å². The molecule has 21 heavy (non-hydrogen) atoms. The Balaban J connectivity index is 1.99. The van der Waals surface area contributed by atoms with Gasteiger partial charge in [-0.1, -0.05) is 23.4 Å². The quantitative estimate of drug-likeness (QED) is 0.769. The lowest BCUT2D eigenvalue weighted by atomic mass is 9.99. The van der Waals surface area contributed by atoms with Gasteiger partial charge in [0.2, 0.25) is 0 Å². The molecule has 0 bridgehead atoms. The van der Waals surface area contributed by atoms with Gasteiger partial charge in [-0.15, -0.1) is 0 Å². The van der Waals surface area contributed by atoms with Crippen molar-refractivity contribution in [3.63, 3.8) is 0 Å². The highest BCUT2D eigenvalue weighted by molar-refractivity contribution is 5.51. The Morgan fingerprint density at radius 2 is 2.10 bits per heavy atom. The third kappa shape index (κ3) is 4.35. The third-order valence-corrected chi connectivity index (χ3v) is 3.29. The average molecular weight is 291 g/mol. The van der Waals surface area contributed by atoms with E-state index < -0.39 is 0 Å². The fourth-order valence-electron chi connectivity index (χ4n) is 2.09. The summed E-state index contributed by atoms with van der Waals surface area (Å²) < 4.78 is 10.4. The molecule has 114 valence electrons. The first-order valence-corrected chi connectivity index (χ1v) is 6.90. The molecule has 0 radical (unpaired) electrons. The summed E-state index contributed by atoms with van der Waals surface area (Å²) in [6.45, 7) is 3.03. The summed E-state index contributed by atoms with van der Waals surface area (Å²) in [7, 11) is 1.64. The smallest absolute Gasteiger partial charge is 0.257 e. The van der Waals surface area contributed by atoms with Crippen LogP contribution in [-0.2, 0) is 11.3 Å². The minimum atomic E-state index is -0.322. The molecule has 0 aliphatic carbocycles. The topological polar surface area (TPSA) is 80.4 Å². The maximum atomic E-state index is 9.13. The van der Waals surface area contributed by atoms with E-state index in [1.807, 2.05) is 37.3 Å². The standard InChI is InChI=1S/C15H21N3O3/c1-15(8-9-19,11-20-2)16-10-13-17-14(21-18-13)12-6-4-3-5-7-12/h3-7,16,19H,8-11H2,1-2H3. The number of benzene rings is 1. The Labute approximate surface area is 124 Å². The van der Waals surface area contributed by atoms with E-state index in [2.05, 4.69) is 15.5 Å². The van der Waals surface area contributed by atoms with Crippen molar-refractivity contribution in [2.75, 3.05) is 20.3 Å². The molecule has 2 rings (SSSR count). The van der Waals surface area contributed by atoms with Crippen molar-refractivity contribution >= 4 is 0 Å². The van der Waals surface area contributed by atoms with E-state index in [1.165, 1.54) is 0 Å². The van der Waals surface area contributed by atoms with E-state index in [0.29, 0.717) is 31.3 Å². The summed E-state index contributed by atoms with van der Waals surface area (Å²) in [5, 5.41) is 16.4. The molecule has 1 heterocycles. The number of nitrogens with one attached hydrogen (secondary N) is 1. The number of hydrogen-bond donors (Lipinski definition) is 2. The molecule has 6 heteroatoms. The van der Waals surface area contributed by atoms with Crippen molar-refractivity contribution in [1.82, 2.24) is 15.5 Å². The molecule has 1 aromatic carbocycles. The van der Waals surface area contributed by atoms with Crippen LogP contribution in [0, 0.1) is 0 Å². The Morgan fingerprint density at radius 1 is 1.33 bits per heavy atom. The Bertz CT molecular complexity index is 536. The molecule has 1 unspecified atom stereocenters. The van der Waals surface area contributed by atoms with Gasteiger partial charge in [0.15, 0.2) is 5.82 Å². The van der Waals surface area contributed by atoms with Crippen molar-refractivity contribution in [3.8, 4) is 11.5 Å². The fourth-order valence-corrected chi connectivity index (χ4v) is 2.09. The molecule has 2 N–H and O–H groups in total. The summed E-state index contributed by atoms with van der Waals surface area (Å²) >= 11 is 0. The lowest BCUT2D eigenvalue weighted by Crippen LogP contribution is -2.46. The van der Waals surface area contributed by atoms with Crippen molar-refractivity contribution in [2.24, 2.45) is 0 Å². The van der Waals surface area contributed by atoms with Crippen LogP contribution in [0.5, 0.6) is 0 Å². The maximum absolute atomic E-state index is 9.13. The van der Waals surface area contributed by atoms with E-state index >= 15 is 0 Å². The first-order chi connectivity index (χ1) is 10.2. The lowest BCUT2D eigenvalue weighted by Gasteiger charge is -2.28. The van der Waals surface area contributed by atoms with Gasteiger partial charge in [-0.2, -0.15) is 4.98 Å². The molecular weight excluding hydrogens is 270 g/mol. The summed E-state index contributed by atoms with van der Waals surface area (Å²) in [6.07, 6.45) is 0.588. The van der Waals surface area contributed by atoms with Crippen molar-refractivity contribution in [1.29, 1.82) is 0 Å². The number of nitrogens with zero attached hydrogens (tertiary/aromatic N) is 2. The van der Waals surface area contributed by atoms with Gasteiger partial charge < -0.3 is 19.7 Å². The molecule has 0 saturated carbocycles. The molecule has 0 aliphatic heterocycles. The summed E-state index contributed by atoms with van der Waals surface area (Å²) in [6, 6.07) is 9.63. The summed E-state index contributed by atoms with van der Waals surface area (Å²) in [5.74, 6) is 1.08. The summed E-state index contributed by atoms with van der Waals surface area (Å²) in [4.78, 5) is 4.36. The van der Waals surface area contributed by atoms with E-state index in [1.54, 1.807) is 7.11 Å². The maximum Gasteiger partial charge on any atom is 0.257 e. The van der Waals surface area contributed by atoms with Gasteiger partial charge >= 0.3 is 0 Å². The van der Waals surface area contributed by atoms with Crippen LogP contribution in [0.1, 0.15) is 19.2 Å². The molecule has 1 atom stereocenters. The third-order valence-electron chi connectivity index (χ3n) is 3.29. The normalized spacial score (nSPS) is 14.0. The Kier molecular flexibility index (Phi) is 5.44. The van der Waals surface area contributed by atoms with Crippen molar-refractivity contribution in [2.45, 2.75) is 25.4 Å². The highest BCUT2D eigenvalue weighted by Gasteiger charge is 2.23. The van der Waals surface area contributed by atoms with Crippen LogP contribution < -0.4 is 5.32 Å². The highest BCUT2D eigenvalue weighted by atomic mass is 16.5. The molecule has 0 amide bonds. The number of aliphatic hydroxyl groups is 1. The van der Waals surface area contributed by atoms with Crippen LogP contribution in [-0.4, -0.2) is 41.1 Å². The fraction of sp³-hybridized carbons (Fsp3) is 0.467. The Morgan fingerprint density at radius 3 is 2.76 bits per heavy atom. The lowest BCUT2D eigenvalue weighted by molar-refractivity contribution is 0.0963. The highest BCUT2D eigenvalue weighted by Crippen LogP contribution is 2.16. The number of aliphatic hydroxyl groups excluding tert-OH is 1. The van der Waals surface area contributed by atoms with Gasteiger partial charge in [-0.25, -0.2) is 0 Å². The van der Waals surface area contributed by atoms with Crippen LogP contribution in [0.2, 0.25) is 0 Å². The second-order valence-corrected chi connectivity index (χ2v) is 5.20. The number of hydrogen-bond acceptors (Lipinski definition) is 6. The van der Waals surface area contributed by atoms with Crippen LogP contribution in [0.3, 0.4) is 0 Å². The van der Waals surface area contributed by atoms with Crippen LogP contribution in [0.25, 0.3) is 11.5 Å². The van der Waals surface area contributed by atoms with Gasteiger partial charge in [0.25, 0.3) is 5.89 Å². The second kappa shape index (κ2) is 7.31. The van der Waals surface area contributed by atoms with E-state index in [-0.39, 0.29) is 12.1 Å². The number of aromatic nitrogens is 2. The van der Waals surface area contributed by atoms with E-state index in [9.17, 15) is 0 Å². The molecule has 1 aromatic heterocycles. The van der Waals surface area contributed by atoms with Gasteiger partial charge in [0.1, 0.15) is 0 Å². The van der Waals surface area contributed by atoms with Gasteiger partial charge in [-0.05, 0) is 25.5 Å². The minimum Gasteiger partial charge on any atom is -0.396 e. The molecule has 0 aliphatic rings. The van der Waals surface area contributed by atoms with Crippen LogP contribution >= 0.6 is 0 Å². The zero-order valence-electron chi connectivity index (χ0n) is 12.4. The van der Waals surface area contributed by atoms with Crippen molar-refractivity contribution < 1.29 is 14.4 Å². The first-order valence-electron chi connectivity index (χ1n) is 6.90. The van der Waals surface area contributed by atoms with E-state index in [4.69, 9.17) is 14.4 Å². The van der Waals surface area contributed by atoms with E-state index in [0.717, 1.165) is 5.56 Å². The Hall–Kier alpha value is -1.76. The number of ether oxygens (including phenoxy) is 1. The molecule has 0 fully saturated rings. The second-order valence-electron chi connectivity index (χ2n) is 5.20. The first kappa shape index (κ1) is 15.6. The zero-order chi connectivity index (χ0) is 15.1. The molecule has 0 saturated heterocycles. The van der Waals surface area contributed by atoms with Crippen molar-refractivity contribution in [3.05, 3.63) is 36.2 Å². The van der Waals surface area contributed by atoms with Crippen LogP contribution in [0.15, 0.2) is 34.9 Å². The van der Waals surface area contributed by atoms with Crippen LogP contribution in [0.4, 0.5) is 0 Å². The number of methoxy groups -OCH3 is 1. The summed E-state index contributed by atoms with van der Waals surface area (Å²) in [5.41, 5.74) is 0.572. The van der Waals surface area contributed by atoms with Gasteiger partial charge in [0.05, 0.1) is 13.2 Å². The van der Waals surface area contributed by atoms with Gasteiger partial charge in [-0.3, -0.25) is 0 Å². The predicted octanol–water partition coefficient (Wildman–Crippen LogP) is 1.61.